The van der Waals surface area contributed by atoms with E-state index in [9.17, 15) is 36.5 Å². The van der Waals surface area contributed by atoms with Gasteiger partial charge in [-0.05, 0) is 29.8 Å². The summed E-state index contributed by atoms with van der Waals surface area (Å²) < 4.78 is 84.7. The van der Waals surface area contributed by atoms with Crippen molar-refractivity contribution in [1.82, 2.24) is 0 Å². The van der Waals surface area contributed by atoms with Crippen LogP contribution in [0, 0.1) is 10.1 Å². The number of ether oxygens (including phenoxy) is 1. The van der Waals surface area contributed by atoms with Gasteiger partial charge in [0.2, 0.25) is 0 Å². The fourth-order valence-corrected chi connectivity index (χ4v) is 2.62. The average Bonchev–Trinajstić information content (AvgIpc) is 2.69. The second-order valence-electron chi connectivity index (χ2n) is 6.32. The van der Waals surface area contributed by atoms with Crippen LogP contribution in [0.4, 0.5) is 26.3 Å². The van der Waals surface area contributed by atoms with E-state index >= 15 is 0 Å². The Balaban J connectivity index is 2.33. The van der Waals surface area contributed by atoms with E-state index in [1.165, 1.54) is 7.11 Å². The molecule has 2 rings (SSSR count). The summed E-state index contributed by atoms with van der Waals surface area (Å²) in [5.74, 6) is 0.557. The van der Waals surface area contributed by atoms with Crippen LogP contribution in [-0.4, -0.2) is 31.0 Å². The molecule has 0 aliphatic carbocycles. The molecule has 2 aromatic rings. The molecule has 0 amide bonds. The minimum atomic E-state index is -5.35. The van der Waals surface area contributed by atoms with E-state index in [4.69, 9.17) is 4.74 Å². The zero-order chi connectivity index (χ0) is 23.3. The first-order valence-corrected chi connectivity index (χ1v) is 8.58. The fourth-order valence-electron chi connectivity index (χ4n) is 2.62. The summed E-state index contributed by atoms with van der Waals surface area (Å²) in [5.41, 5.74) is -5.03. The zero-order valence-electron chi connectivity index (χ0n) is 15.9. The lowest BCUT2D eigenvalue weighted by Crippen LogP contribution is -2.49. The lowest BCUT2D eigenvalue weighted by atomic mass is 9.92. The van der Waals surface area contributed by atoms with Gasteiger partial charge >= 0.3 is 18.0 Å². The van der Waals surface area contributed by atoms with Crippen LogP contribution >= 0.6 is 0 Å². The van der Waals surface area contributed by atoms with Crippen LogP contribution in [0.2, 0.25) is 0 Å². The Labute approximate surface area is 172 Å². The molecule has 31 heavy (non-hydrogen) atoms. The molecule has 2 aromatic carbocycles. The number of rotatable bonds is 8. The van der Waals surface area contributed by atoms with Crippen molar-refractivity contribution in [2.24, 2.45) is 5.16 Å². The highest BCUT2D eigenvalue weighted by Crippen LogP contribution is 2.43. The van der Waals surface area contributed by atoms with Crippen molar-refractivity contribution >= 4 is 6.21 Å². The third-order valence-electron chi connectivity index (χ3n) is 4.26. The van der Waals surface area contributed by atoms with Crippen molar-refractivity contribution in [3.8, 4) is 5.75 Å². The maximum Gasteiger partial charge on any atom is 0.442 e. The lowest BCUT2D eigenvalue weighted by molar-refractivity contribution is -0.522. The second kappa shape index (κ2) is 9.23. The molecule has 168 valence electrons. The standard InChI is InChI=1S/C19H16F6N2O4/c1-30-16-8-2-13(3-9-16)10-11-26-31-17(12-27(28)29,19(23,24)25)14-4-6-15(7-5-14)18(20,21)22/h2-9,11H,10,12H2,1H3/b26-11+/t17-/m1/s1. The van der Waals surface area contributed by atoms with Gasteiger partial charge in [-0.3, -0.25) is 10.1 Å². The SMILES string of the molecule is COc1ccc(C/C=N/O[C@](C[N+](=O)[O-])(c2ccc(C(F)(F)F)cc2)C(F)(F)F)cc1. The van der Waals surface area contributed by atoms with Crippen molar-refractivity contribution in [2.45, 2.75) is 24.4 Å². The Kier molecular flexibility index (Phi) is 7.13. The Morgan fingerprint density at radius 1 is 0.968 bits per heavy atom. The molecule has 0 N–H and O–H groups in total. The van der Waals surface area contributed by atoms with Crippen LogP contribution in [0.3, 0.4) is 0 Å². The van der Waals surface area contributed by atoms with Crippen molar-refractivity contribution in [1.29, 1.82) is 0 Å². The van der Waals surface area contributed by atoms with Gasteiger partial charge in [-0.25, -0.2) is 0 Å². The van der Waals surface area contributed by atoms with Crippen LogP contribution in [0.5, 0.6) is 5.75 Å². The molecular formula is C19H16F6N2O4. The molecule has 0 radical (unpaired) electrons. The fraction of sp³-hybridized carbons (Fsp3) is 0.316. The zero-order valence-corrected chi connectivity index (χ0v) is 15.9. The van der Waals surface area contributed by atoms with Crippen LogP contribution in [0.25, 0.3) is 0 Å². The number of nitro groups is 1. The molecule has 0 unspecified atom stereocenters. The van der Waals surface area contributed by atoms with Crippen molar-refractivity contribution < 1.29 is 40.8 Å². The maximum absolute atomic E-state index is 13.8. The molecule has 0 fully saturated rings. The van der Waals surface area contributed by atoms with E-state index in [-0.39, 0.29) is 6.42 Å². The molecule has 0 bridgehead atoms. The largest absolute Gasteiger partial charge is 0.497 e. The summed E-state index contributed by atoms with van der Waals surface area (Å²) >= 11 is 0. The predicted molar refractivity (Wildman–Crippen MR) is 97.3 cm³/mol. The highest BCUT2D eigenvalue weighted by molar-refractivity contribution is 5.61. The summed E-state index contributed by atoms with van der Waals surface area (Å²) in [7, 11) is 1.46. The minimum absolute atomic E-state index is 0.0312. The summed E-state index contributed by atoms with van der Waals surface area (Å²) in [5, 5.41) is 14.2. The predicted octanol–water partition coefficient (Wildman–Crippen LogP) is 4.99. The van der Waals surface area contributed by atoms with Crippen molar-refractivity contribution in [2.75, 3.05) is 13.7 Å². The second-order valence-corrected chi connectivity index (χ2v) is 6.32. The number of nitrogens with zero attached hydrogens (tertiary/aromatic N) is 2. The first-order valence-electron chi connectivity index (χ1n) is 8.58. The lowest BCUT2D eigenvalue weighted by Gasteiger charge is -2.30. The molecule has 0 spiro atoms. The number of halogens is 6. The summed E-state index contributed by atoms with van der Waals surface area (Å²) in [6.07, 6.45) is -9.15. The van der Waals surface area contributed by atoms with Crippen LogP contribution in [0.15, 0.2) is 53.7 Å². The highest BCUT2D eigenvalue weighted by atomic mass is 19.4. The van der Waals surface area contributed by atoms with Crippen molar-refractivity contribution in [3.05, 3.63) is 75.3 Å². The monoisotopic (exact) mass is 450 g/mol. The van der Waals surface area contributed by atoms with Gasteiger partial charge in [0.25, 0.3) is 6.54 Å². The normalized spacial score (nSPS) is 14.3. The third kappa shape index (κ3) is 5.86. The summed E-state index contributed by atoms with van der Waals surface area (Å²) in [6, 6.07) is 8.21. The Morgan fingerprint density at radius 2 is 1.52 bits per heavy atom. The van der Waals surface area contributed by atoms with Crippen LogP contribution < -0.4 is 4.74 Å². The summed E-state index contributed by atoms with van der Waals surface area (Å²) in [4.78, 5) is 14.3. The molecule has 0 saturated heterocycles. The third-order valence-corrected chi connectivity index (χ3v) is 4.26. The maximum atomic E-state index is 13.8. The van der Waals surface area contributed by atoms with Gasteiger partial charge in [-0.2, -0.15) is 26.3 Å². The molecule has 12 heteroatoms. The first-order chi connectivity index (χ1) is 14.4. The van der Waals surface area contributed by atoms with Gasteiger partial charge in [0, 0.05) is 23.1 Å². The highest BCUT2D eigenvalue weighted by Gasteiger charge is 2.63. The van der Waals surface area contributed by atoms with E-state index < -0.39 is 40.5 Å². The Bertz CT molecular complexity index is 911. The van der Waals surface area contributed by atoms with Gasteiger partial charge in [-0.1, -0.05) is 29.4 Å². The topological polar surface area (TPSA) is 74.0 Å². The van der Waals surface area contributed by atoms with E-state index in [1.54, 1.807) is 24.3 Å². The molecular weight excluding hydrogens is 434 g/mol. The number of hydrogen-bond acceptors (Lipinski definition) is 5. The minimum Gasteiger partial charge on any atom is -0.497 e. The van der Waals surface area contributed by atoms with Gasteiger partial charge < -0.3 is 9.57 Å². The molecule has 6 nitrogen and oxygen atoms in total. The number of oxime groups is 1. The Morgan fingerprint density at radius 3 is 1.97 bits per heavy atom. The van der Waals surface area contributed by atoms with Gasteiger partial charge in [-0.15, -0.1) is 0 Å². The number of alkyl halides is 6. The van der Waals surface area contributed by atoms with Crippen LogP contribution in [-0.2, 0) is 23.0 Å². The molecule has 0 aliphatic heterocycles. The van der Waals surface area contributed by atoms with E-state index in [1.807, 2.05) is 0 Å². The first kappa shape index (κ1) is 24.0. The molecule has 0 aromatic heterocycles. The van der Waals surface area contributed by atoms with Gasteiger partial charge in [0.05, 0.1) is 12.7 Å². The van der Waals surface area contributed by atoms with Crippen LogP contribution in [0.1, 0.15) is 16.7 Å². The molecule has 1 atom stereocenters. The van der Waals surface area contributed by atoms with Crippen molar-refractivity contribution in [3.63, 3.8) is 0 Å². The molecule has 0 heterocycles. The Hall–Kier alpha value is -3.31. The van der Waals surface area contributed by atoms with E-state index in [0.717, 1.165) is 6.21 Å². The number of methoxy groups -OCH3 is 1. The molecule has 0 aliphatic rings. The number of hydrogen-bond donors (Lipinski definition) is 0. The van der Waals surface area contributed by atoms with E-state index in [0.29, 0.717) is 35.6 Å². The molecule has 0 saturated carbocycles. The smallest absolute Gasteiger partial charge is 0.442 e. The van der Waals surface area contributed by atoms with E-state index in [2.05, 4.69) is 9.99 Å². The quantitative estimate of drug-likeness (QED) is 0.246. The average molecular weight is 450 g/mol. The number of benzene rings is 2. The van der Waals surface area contributed by atoms with Gasteiger partial charge in [0.15, 0.2) is 0 Å². The van der Waals surface area contributed by atoms with Gasteiger partial charge in [0.1, 0.15) is 5.75 Å². The summed E-state index contributed by atoms with van der Waals surface area (Å²) in [6.45, 7) is -1.79.